The molecule has 1 unspecified atom stereocenters. The third-order valence-corrected chi connectivity index (χ3v) is 4.73. The van der Waals surface area contributed by atoms with Gasteiger partial charge in [-0.15, -0.1) is 0 Å². The first-order valence-corrected chi connectivity index (χ1v) is 8.59. The molecule has 3 aromatic rings. The Morgan fingerprint density at radius 2 is 2.00 bits per heavy atom. The van der Waals surface area contributed by atoms with Gasteiger partial charge >= 0.3 is 0 Å². The molecule has 1 saturated heterocycles. The maximum absolute atomic E-state index is 13.1. The summed E-state index contributed by atoms with van der Waals surface area (Å²) in [5.74, 6) is 0.971. The molecule has 2 heterocycles. The number of aryl methyl sites for hydroxylation is 1. The van der Waals surface area contributed by atoms with Crippen LogP contribution in [0.2, 0.25) is 0 Å². The van der Waals surface area contributed by atoms with Gasteiger partial charge in [0.2, 0.25) is 17.6 Å². The molecule has 1 aromatic heterocycles. The van der Waals surface area contributed by atoms with Gasteiger partial charge in [0.1, 0.15) is 11.6 Å². The van der Waals surface area contributed by atoms with E-state index in [0.29, 0.717) is 36.0 Å². The monoisotopic (exact) mass is 367 g/mol. The molecule has 0 radical (unpaired) electrons. The Morgan fingerprint density at radius 1 is 1.22 bits per heavy atom. The van der Waals surface area contributed by atoms with Gasteiger partial charge in [-0.25, -0.2) is 4.39 Å². The minimum absolute atomic E-state index is 0.00196. The van der Waals surface area contributed by atoms with E-state index in [-0.39, 0.29) is 17.6 Å². The van der Waals surface area contributed by atoms with Gasteiger partial charge in [0.25, 0.3) is 0 Å². The van der Waals surface area contributed by atoms with E-state index in [2.05, 4.69) is 10.1 Å². The molecule has 0 spiro atoms. The maximum Gasteiger partial charge on any atom is 0.232 e. The van der Waals surface area contributed by atoms with Gasteiger partial charge < -0.3 is 14.2 Å². The quantitative estimate of drug-likeness (QED) is 0.703. The first-order valence-electron chi connectivity index (χ1n) is 8.59. The highest BCUT2D eigenvalue weighted by atomic mass is 19.1. The number of ether oxygens (including phenoxy) is 1. The van der Waals surface area contributed by atoms with Crippen molar-refractivity contribution in [3.63, 3.8) is 0 Å². The number of amides is 1. The number of hydrogen-bond acceptors (Lipinski definition) is 5. The molecular formula is C20H18FN3O3. The number of halogens is 1. The fourth-order valence-corrected chi connectivity index (χ4v) is 3.23. The highest BCUT2D eigenvalue weighted by molar-refractivity contribution is 5.97. The van der Waals surface area contributed by atoms with Crippen LogP contribution in [0.5, 0.6) is 5.75 Å². The zero-order valence-electron chi connectivity index (χ0n) is 15.0. The number of rotatable bonds is 4. The first kappa shape index (κ1) is 17.2. The molecule has 27 heavy (non-hydrogen) atoms. The van der Waals surface area contributed by atoms with Crippen LogP contribution in [0.25, 0.3) is 11.4 Å². The van der Waals surface area contributed by atoms with E-state index in [9.17, 15) is 9.18 Å². The number of benzene rings is 2. The van der Waals surface area contributed by atoms with Gasteiger partial charge in [0.15, 0.2) is 0 Å². The summed E-state index contributed by atoms with van der Waals surface area (Å²) < 4.78 is 23.7. The van der Waals surface area contributed by atoms with E-state index >= 15 is 0 Å². The van der Waals surface area contributed by atoms with Crippen molar-refractivity contribution in [2.45, 2.75) is 19.3 Å². The molecular weight excluding hydrogens is 349 g/mol. The van der Waals surface area contributed by atoms with Crippen LogP contribution in [0, 0.1) is 12.7 Å². The average molecular weight is 367 g/mol. The smallest absolute Gasteiger partial charge is 0.232 e. The molecule has 0 N–H and O–H groups in total. The van der Waals surface area contributed by atoms with Crippen molar-refractivity contribution < 1.29 is 18.4 Å². The molecule has 6 nitrogen and oxygen atoms in total. The molecule has 1 atom stereocenters. The number of carbonyl (C=O) groups is 1. The predicted octanol–water partition coefficient (Wildman–Crippen LogP) is 3.71. The SMILES string of the molecule is COc1ccc(C)c(N2CC(c3nc(-c4ccc(F)cc4)no3)CC2=O)c1. The summed E-state index contributed by atoms with van der Waals surface area (Å²) in [6, 6.07) is 11.5. The summed E-state index contributed by atoms with van der Waals surface area (Å²) in [6.07, 6.45) is 0.293. The lowest BCUT2D eigenvalue weighted by atomic mass is 10.1. The Morgan fingerprint density at radius 3 is 2.74 bits per heavy atom. The Bertz CT molecular complexity index is 984. The van der Waals surface area contributed by atoms with Crippen molar-refractivity contribution >= 4 is 11.6 Å². The van der Waals surface area contributed by atoms with Crippen LogP contribution >= 0.6 is 0 Å². The van der Waals surface area contributed by atoms with Crippen LogP contribution in [0.15, 0.2) is 47.0 Å². The highest BCUT2D eigenvalue weighted by Gasteiger charge is 2.36. The number of anilines is 1. The van der Waals surface area contributed by atoms with Crippen LogP contribution in [-0.4, -0.2) is 29.7 Å². The molecule has 0 bridgehead atoms. The lowest BCUT2D eigenvalue weighted by molar-refractivity contribution is -0.117. The topological polar surface area (TPSA) is 68.5 Å². The van der Waals surface area contributed by atoms with Gasteiger partial charge in [0, 0.05) is 24.6 Å². The van der Waals surface area contributed by atoms with E-state index in [4.69, 9.17) is 9.26 Å². The molecule has 0 saturated carbocycles. The lowest BCUT2D eigenvalue weighted by Crippen LogP contribution is -2.25. The van der Waals surface area contributed by atoms with E-state index in [1.807, 2.05) is 25.1 Å². The summed E-state index contributed by atoms with van der Waals surface area (Å²) in [7, 11) is 1.60. The van der Waals surface area contributed by atoms with E-state index < -0.39 is 0 Å². The van der Waals surface area contributed by atoms with Gasteiger partial charge in [-0.3, -0.25) is 4.79 Å². The Labute approximate surface area is 155 Å². The van der Waals surface area contributed by atoms with Crippen LogP contribution in [0.3, 0.4) is 0 Å². The number of nitrogens with zero attached hydrogens (tertiary/aromatic N) is 3. The van der Waals surface area contributed by atoms with Gasteiger partial charge in [-0.2, -0.15) is 4.98 Å². The highest BCUT2D eigenvalue weighted by Crippen LogP contribution is 2.35. The minimum Gasteiger partial charge on any atom is -0.497 e. The second-order valence-corrected chi connectivity index (χ2v) is 6.52. The maximum atomic E-state index is 13.1. The fourth-order valence-electron chi connectivity index (χ4n) is 3.23. The van der Waals surface area contributed by atoms with Crippen molar-refractivity contribution in [1.82, 2.24) is 10.1 Å². The molecule has 2 aromatic carbocycles. The lowest BCUT2D eigenvalue weighted by Gasteiger charge is -2.19. The summed E-state index contributed by atoms with van der Waals surface area (Å²) in [4.78, 5) is 18.7. The number of aromatic nitrogens is 2. The first-order chi connectivity index (χ1) is 13.0. The van der Waals surface area contributed by atoms with Crippen molar-refractivity contribution in [3.8, 4) is 17.1 Å². The Balaban J connectivity index is 1.57. The summed E-state index contributed by atoms with van der Waals surface area (Å²) in [6.45, 7) is 2.41. The van der Waals surface area contributed by atoms with Gasteiger partial charge in [-0.1, -0.05) is 11.2 Å². The van der Waals surface area contributed by atoms with Crippen LogP contribution < -0.4 is 9.64 Å². The number of hydrogen-bond donors (Lipinski definition) is 0. The summed E-state index contributed by atoms with van der Waals surface area (Å²) >= 11 is 0. The normalized spacial score (nSPS) is 16.8. The Hall–Kier alpha value is -3.22. The molecule has 1 fully saturated rings. The standard InChI is InChI=1S/C20H18FN3O3/c1-12-3-8-16(26-2)10-17(12)24-11-14(9-18(24)25)20-22-19(23-27-20)13-4-6-15(21)7-5-13/h3-8,10,14H,9,11H2,1-2H3. The molecule has 4 rings (SSSR count). The van der Waals surface area contributed by atoms with Gasteiger partial charge in [-0.05, 0) is 42.8 Å². The van der Waals surface area contributed by atoms with E-state index in [0.717, 1.165) is 11.3 Å². The second-order valence-electron chi connectivity index (χ2n) is 6.52. The molecule has 1 aliphatic heterocycles. The van der Waals surface area contributed by atoms with E-state index in [1.54, 1.807) is 24.1 Å². The number of carbonyl (C=O) groups excluding carboxylic acids is 1. The van der Waals surface area contributed by atoms with Crippen LogP contribution in [0.4, 0.5) is 10.1 Å². The Kier molecular flexibility index (Phi) is 4.35. The van der Waals surface area contributed by atoms with Crippen molar-refractivity contribution in [1.29, 1.82) is 0 Å². The second kappa shape index (κ2) is 6.83. The van der Waals surface area contributed by atoms with Crippen molar-refractivity contribution in [2.75, 3.05) is 18.6 Å². The average Bonchev–Trinajstić information content (AvgIpc) is 3.30. The van der Waals surface area contributed by atoms with Crippen molar-refractivity contribution in [3.05, 3.63) is 59.7 Å². The van der Waals surface area contributed by atoms with Crippen LogP contribution in [-0.2, 0) is 4.79 Å². The molecule has 1 aliphatic rings. The van der Waals surface area contributed by atoms with Crippen LogP contribution in [0.1, 0.15) is 23.8 Å². The predicted molar refractivity (Wildman–Crippen MR) is 97.1 cm³/mol. The summed E-state index contributed by atoms with van der Waals surface area (Å²) in [5, 5.41) is 3.97. The largest absolute Gasteiger partial charge is 0.497 e. The van der Waals surface area contributed by atoms with E-state index in [1.165, 1.54) is 12.1 Å². The molecule has 138 valence electrons. The minimum atomic E-state index is -0.326. The van der Waals surface area contributed by atoms with Gasteiger partial charge in [0.05, 0.1) is 18.7 Å². The van der Waals surface area contributed by atoms with Crippen molar-refractivity contribution in [2.24, 2.45) is 0 Å². The molecule has 7 heteroatoms. The zero-order chi connectivity index (χ0) is 19.0. The number of methoxy groups -OCH3 is 1. The zero-order valence-corrected chi connectivity index (χ0v) is 15.0. The third kappa shape index (κ3) is 3.28. The third-order valence-electron chi connectivity index (χ3n) is 4.73. The summed E-state index contributed by atoms with van der Waals surface area (Å²) in [5.41, 5.74) is 2.47. The fraction of sp³-hybridized carbons (Fsp3) is 0.250. The molecule has 0 aliphatic carbocycles. The molecule has 1 amide bonds.